The average molecular weight is 163 g/mol. The number of fused-ring (bicyclic) bond motifs is 1. The van der Waals surface area contributed by atoms with E-state index >= 15 is 0 Å². The molecule has 0 atom stereocenters. The number of aliphatic imine (C=N–C) groups is 1. The number of para-hydroxylation sites is 1. The molecular formula is C9H9NS. The monoisotopic (exact) mass is 163 g/mol. The van der Waals surface area contributed by atoms with Crippen molar-refractivity contribution in [3.05, 3.63) is 24.3 Å². The van der Waals surface area contributed by atoms with Crippen LogP contribution in [0.5, 0.6) is 0 Å². The lowest BCUT2D eigenvalue weighted by molar-refractivity contribution is 1.35. The first-order valence-electron chi connectivity index (χ1n) is 3.71. The molecule has 0 bridgehead atoms. The summed E-state index contributed by atoms with van der Waals surface area (Å²) in [5, 5.41) is 0. The fraction of sp³-hybridized carbons (Fsp3) is 0.222. The van der Waals surface area contributed by atoms with Crippen molar-refractivity contribution < 1.29 is 0 Å². The molecule has 0 N–H and O–H groups in total. The minimum Gasteiger partial charge on any atom is -0.260 e. The van der Waals surface area contributed by atoms with E-state index < -0.39 is 0 Å². The minimum atomic E-state index is 1.08. The Balaban J connectivity index is 2.45. The van der Waals surface area contributed by atoms with Gasteiger partial charge in [0.1, 0.15) is 0 Å². The highest BCUT2D eigenvalue weighted by molar-refractivity contribution is 7.99. The summed E-state index contributed by atoms with van der Waals surface area (Å²) in [6.45, 7) is 0. The van der Waals surface area contributed by atoms with Crippen LogP contribution in [0.3, 0.4) is 0 Å². The molecule has 2 heteroatoms. The van der Waals surface area contributed by atoms with Crippen LogP contribution in [0.2, 0.25) is 0 Å². The van der Waals surface area contributed by atoms with E-state index in [4.69, 9.17) is 0 Å². The fourth-order valence-electron chi connectivity index (χ4n) is 1.07. The molecular weight excluding hydrogens is 154 g/mol. The summed E-state index contributed by atoms with van der Waals surface area (Å²) in [4.78, 5) is 5.65. The molecule has 0 spiro atoms. The first-order valence-corrected chi connectivity index (χ1v) is 4.70. The van der Waals surface area contributed by atoms with Gasteiger partial charge in [-0.05, 0) is 18.6 Å². The maximum atomic E-state index is 4.34. The summed E-state index contributed by atoms with van der Waals surface area (Å²) in [5.41, 5.74) is 1.12. The molecule has 0 aliphatic carbocycles. The van der Waals surface area contributed by atoms with Gasteiger partial charge in [-0.25, -0.2) is 0 Å². The van der Waals surface area contributed by atoms with E-state index in [-0.39, 0.29) is 0 Å². The molecule has 11 heavy (non-hydrogen) atoms. The Hall–Kier alpha value is -0.760. The number of benzene rings is 1. The van der Waals surface area contributed by atoms with Gasteiger partial charge in [-0.2, -0.15) is 0 Å². The van der Waals surface area contributed by atoms with Crippen LogP contribution in [0.15, 0.2) is 34.2 Å². The van der Waals surface area contributed by atoms with Crippen LogP contribution >= 0.6 is 11.8 Å². The Bertz CT molecular complexity index is 281. The summed E-state index contributed by atoms with van der Waals surface area (Å²) >= 11 is 1.88. The van der Waals surface area contributed by atoms with Gasteiger partial charge in [-0.15, -0.1) is 11.8 Å². The van der Waals surface area contributed by atoms with Crippen LogP contribution < -0.4 is 0 Å². The molecule has 0 radical (unpaired) electrons. The predicted octanol–water partition coefficient (Wildman–Crippen LogP) is 2.88. The molecule has 2 rings (SSSR count). The van der Waals surface area contributed by atoms with Gasteiger partial charge in [-0.1, -0.05) is 12.1 Å². The standard InChI is InChI=1S/C9H9NS/c1-2-5-9-8(4-1)10-6-3-7-11-9/h1-2,4-6H,3,7H2. The number of hydrogen-bond acceptors (Lipinski definition) is 2. The summed E-state index contributed by atoms with van der Waals surface area (Å²) in [6.07, 6.45) is 3.08. The Morgan fingerprint density at radius 1 is 1.27 bits per heavy atom. The molecule has 0 fully saturated rings. The highest BCUT2D eigenvalue weighted by Crippen LogP contribution is 2.30. The van der Waals surface area contributed by atoms with Crippen molar-refractivity contribution >= 4 is 23.7 Å². The molecule has 0 saturated carbocycles. The maximum absolute atomic E-state index is 4.34. The van der Waals surface area contributed by atoms with Gasteiger partial charge in [0, 0.05) is 16.9 Å². The number of thioether (sulfide) groups is 1. The van der Waals surface area contributed by atoms with Crippen molar-refractivity contribution in [2.45, 2.75) is 11.3 Å². The molecule has 1 heterocycles. The first kappa shape index (κ1) is 6.92. The lowest BCUT2D eigenvalue weighted by Gasteiger charge is -1.98. The second kappa shape index (κ2) is 3.09. The Labute approximate surface area is 70.5 Å². The Kier molecular flexibility index (Phi) is 1.95. The minimum absolute atomic E-state index is 1.08. The van der Waals surface area contributed by atoms with Crippen LogP contribution in [0.1, 0.15) is 6.42 Å². The van der Waals surface area contributed by atoms with Gasteiger partial charge in [0.15, 0.2) is 0 Å². The smallest absolute Gasteiger partial charge is 0.0761 e. The number of rotatable bonds is 0. The van der Waals surface area contributed by atoms with Crippen molar-refractivity contribution in [1.82, 2.24) is 0 Å². The fourth-order valence-corrected chi connectivity index (χ4v) is 1.96. The third-order valence-electron chi connectivity index (χ3n) is 1.60. The normalized spacial score (nSPS) is 15.6. The Morgan fingerprint density at radius 2 is 2.18 bits per heavy atom. The second-order valence-electron chi connectivity index (χ2n) is 2.42. The van der Waals surface area contributed by atoms with Crippen molar-refractivity contribution in [3.8, 4) is 0 Å². The molecule has 1 aliphatic rings. The first-order chi connectivity index (χ1) is 5.47. The van der Waals surface area contributed by atoms with Gasteiger partial charge in [-0.3, -0.25) is 4.99 Å². The molecule has 56 valence electrons. The largest absolute Gasteiger partial charge is 0.260 e. The zero-order valence-electron chi connectivity index (χ0n) is 6.16. The summed E-state index contributed by atoms with van der Waals surface area (Å²) in [5.74, 6) is 1.15. The van der Waals surface area contributed by atoms with E-state index in [0.717, 1.165) is 17.9 Å². The molecule has 0 aromatic heterocycles. The van der Waals surface area contributed by atoms with Gasteiger partial charge in [0.2, 0.25) is 0 Å². The SMILES string of the molecule is C1=Nc2ccccc2SCC1. The van der Waals surface area contributed by atoms with Crippen molar-refractivity contribution in [2.24, 2.45) is 4.99 Å². The third-order valence-corrected chi connectivity index (χ3v) is 2.70. The van der Waals surface area contributed by atoms with Crippen LogP contribution in [0, 0.1) is 0 Å². The molecule has 0 unspecified atom stereocenters. The van der Waals surface area contributed by atoms with Crippen molar-refractivity contribution in [2.75, 3.05) is 5.75 Å². The van der Waals surface area contributed by atoms with Crippen LogP contribution in [-0.4, -0.2) is 12.0 Å². The van der Waals surface area contributed by atoms with E-state index in [1.165, 1.54) is 4.90 Å². The molecule has 1 nitrogen and oxygen atoms in total. The summed E-state index contributed by atoms with van der Waals surface area (Å²) in [7, 11) is 0. The molecule has 1 aliphatic heterocycles. The van der Waals surface area contributed by atoms with Crippen LogP contribution in [-0.2, 0) is 0 Å². The maximum Gasteiger partial charge on any atom is 0.0761 e. The van der Waals surface area contributed by atoms with E-state index in [9.17, 15) is 0 Å². The van der Waals surface area contributed by atoms with Gasteiger partial charge >= 0.3 is 0 Å². The zero-order valence-corrected chi connectivity index (χ0v) is 6.97. The van der Waals surface area contributed by atoms with Gasteiger partial charge in [0.05, 0.1) is 5.69 Å². The van der Waals surface area contributed by atoms with E-state index in [0.29, 0.717) is 0 Å². The van der Waals surface area contributed by atoms with E-state index in [2.05, 4.69) is 23.2 Å². The quantitative estimate of drug-likeness (QED) is 0.573. The zero-order chi connectivity index (χ0) is 7.52. The van der Waals surface area contributed by atoms with Crippen LogP contribution in [0.25, 0.3) is 0 Å². The number of hydrogen-bond donors (Lipinski definition) is 0. The molecule has 0 saturated heterocycles. The van der Waals surface area contributed by atoms with Gasteiger partial charge in [0.25, 0.3) is 0 Å². The lowest BCUT2D eigenvalue weighted by Crippen LogP contribution is -1.74. The lowest BCUT2D eigenvalue weighted by atomic mass is 10.3. The predicted molar refractivity (Wildman–Crippen MR) is 49.9 cm³/mol. The highest BCUT2D eigenvalue weighted by atomic mass is 32.2. The second-order valence-corrected chi connectivity index (χ2v) is 3.55. The molecule has 0 amide bonds. The topological polar surface area (TPSA) is 12.4 Å². The molecule has 1 aromatic rings. The summed E-state index contributed by atoms with van der Waals surface area (Å²) < 4.78 is 0. The molecule has 1 aromatic carbocycles. The Morgan fingerprint density at radius 3 is 3.18 bits per heavy atom. The van der Waals surface area contributed by atoms with Crippen molar-refractivity contribution in [1.29, 1.82) is 0 Å². The average Bonchev–Trinajstić information content (AvgIpc) is 2.28. The van der Waals surface area contributed by atoms with Crippen LogP contribution in [0.4, 0.5) is 5.69 Å². The van der Waals surface area contributed by atoms with Gasteiger partial charge < -0.3 is 0 Å². The number of nitrogens with zero attached hydrogens (tertiary/aromatic N) is 1. The third kappa shape index (κ3) is 1.46. The highest BCUT2D eigenvalue weighted by Gasteiger charge is 2.02. The van der Waals surface area contributed by atoms with E-state index in [1.807, 2.05) is 24.0 Å². The summed E-state index contributed by atoms with van der Waals surface area (Å²) in [6, 6.07) is 8.28. The van der Waals surface area contributed by atoms with E-state index in [1.54, 1.807) is 0 Å². The van der Waals surface area contributed by atoms with Crippen molar-refractivity contribution in [3.63, 3.8) is 0 Å².